The van der Waals surface area contributed by atoms with E-state index in [0.717, 1.165) is 6.54 Å². The molecule has 106 valence electrons. The van der Waals surface area contributed by atoms with E-state index in [9.17, 15) is 0 Å². The van der Waals surface area contributed by atoms with Crippen LogP contribution in [-0.4, -0.2) is 24.5 Å². The molecule has 2 rings (SSSR count). The summed E-state index contributed by atoms with van der Waals surface area (Å²) in [6.07, 6.45) is 6.80. The summed E-state index contributed by atoms with van der Waals surface area (Å²) in [6.45, 7) is 7.57. The Kier molecular flexibility index (Phi) is 5.41. The number of likely N-dealkylation sites (tertiary alicyclic amines) is 1. The van der Waals surface area contributed by atoms with Crippen molar-refractivity contribution in [3.8, 4) is 0 Å². The van der Waals surface area contributed by atoms with Crippen molar-refractivity contribution in [1.82, 2.24) is 4.90 Å². The second kappa shape index (κ2) is 7.06. The fourth-order valence-electron chi connectivity index (χ4n) is 3.39. The minimum Gasteiger partial charge on any atom is -0.329 e. The minimum absolute atomic E-state index is 0.402. The largest absolute Gasteiger partial charge is 0.329 e. The van der Waals surface area contributed by atoms with Gasteiger partial charge in [0.1, 0.15) is 0 Å². The van der Waals surface area contributed by atoms with E-state index in [1.807, 2.05) is 0 Å². The number of rotatable bonds is 3. The summed E-state index contributed by atoms with van der Waals surface area (Å²) in [5.41, 5.74) is 10.4. The summed E-state index contributed by atoms with van der Waals surface area (Å²) in [6, 6.07) is 6.98. The van der Waals surface area contributed by atoms with Crippen LogP contribution in [0.2, 0.25) is 0 Å². The average molecular weight is 260 g/mol. The maximum absolute atomic E-state index is 6.12. The van der Waals surface area contributed by atoms with Gasteiger partial charge in [-0.1, -0.05) is 37.5 Å². The van der Waals surface area contributed by atoms with Crippen LogP contribution in [0, 0.1) is 13.8 Å². The molecule has 1 aliphatic heterocycles. The van der Waals surface area contributed by atoms with Crippen LogP contribution in [0.1, 0.15) is 54.8 Å². The third-order valence-corrected chi connectivity index (χ3v) is 4.43. The zero-order chi connectivity index (χ0) is 13.7. The molecule has 1 saturated heterocycles. The smallest absolute Gasteiger partial charge is 0.0475 e. The van der Waals surface area contributed by atoms with Crippen molar-refractivity contribution in [3.63, 3.8) is 0 Å². The van der Waals surface area contributed by atoms with Gasteiger partial charge in [-0.15, -0.1) is 0 Å². The molecule has 1 fully saturated rings. The van der Waals surface area contributed by atoms with Crippen LogP contribution in [0.5, 0.6) is 0 Å². The highest BCUT2D eigenvalue weighted by atomic mass is 15.2. The van der Waals surface area contributed by atoms with E-state index in [0.29, 0.717) is 6.04 Å². The molecule has 1 aromatic carbocycles. The summed E-state index contributed by atoms with van der Waals surface area (Å²) in [4.78, 5) is 2.62. The highest BCUT2D eigenvalue weighted by Gasteiger charge is 2.22. The lowest BCUT2D eigenvalue weighted by Gasteiger charge is -2.34. The molecule has 1 aliphatic rings. The van der Waals surface area contributed by atoms with Gasteiger partial charge < -0.3 is 5.73 Å². The number of hydrogen-bond donors (Lipinski definition) is 1. The summed E-state index contributed by atoms with van der Waals surface area (Å²) < 4.78 is 0. The highest BCUT2D eigenvalue weighted by Crippen LogP contribution is 2.28. The Labute approximate surface area is 118 Å². The number of benzene rings is 1. The maximum atomic E-state index is 6.12. The van der Waals surface area contributed by atoms with E-state index in [1.165, 1.54) is 61.9 Å². The molecule has 0 bridgehead atoms. The third kappa shape index (κ3) is 3.58. The molecule has 1 aromatic rings. The molecule has 0 radical (unpaired) electrons. The predicted molar refractivity (Wildman–Crippen MR) is 82.4 cm³/mol. The van der Waals surface area contributed by atoms with Gasteiger partial charge in [0.2, 0.25) is 0 Å². The first-order valence-electron chi connectivity index (χ1n) is 7.74. The van der Waals surface area contributed by atoms with E-state index < -0.39 is 0 Å². The van der Waals surface area contributed by atoms with E-state index in [2.05, 4.69) is 36.9 Å². The van der Waals surface area contributed by atoms with Gasteiger partial charge in [0.05, 0.1) is 0 Å². The first-order chi connectivity index (χ1) is 9.24. The quantitative estimate of drug-likeness (QED) is 0.900. The summed E-state index contributed by atoms with van der Waals surface area (Å²) in [5, 5.41) is 0. The van der Waals surface area contributed by atoms with Gasteiger partial charge in [-0.2, -0.15) is 0 Å². The number of aryl methyl sites for hydroxylation is 2. The molecule has 0 aliphatic carbocycles. The zero-order valence-corrected chi connectivity index (χ0v) is 12.5. The maximum Gasteiger partial charge on any atom is 0.0475 e. The number of hydrogen-bond acceptors (Lipinski definition) is 2. The Balaban J connectivity index is 2.22. The summed E-state index contributed by atoms with van der Waals surface area (Å²) in [5.74, 6) is 0. The number of nitrogens with two attached hydrogens (primary N) is 1. The van der Waals surface area contributed by atoms with Crippen molar-refractivity contribution in [1.29, 1.82) is 0 Å². The first-order valence-corrected chi connectivity index (χ1v) is 7.74. The molecule has 2 N–H and O–H groups in total. The lowest BCUT2D eigenvalue weighted by Crippen LogP contribution is -2.36. The average Bonchev–Trinajstić information content (AvgIpc) is 2.35. The monoisotopic (exact) mass is 260 g/mol. The van der Waals surface area contributed by atoms with Crippen LogP contribution in [0.4, 0.5) is 0 Å². The van der Waals surface area contributed by atoms with E-state index in [1.54, 1.807) is 0 Å². The number of nitrogens with zero attached hydrogens (tertiary/aromatic N) is 1. The Morgan fingerprint density at radius 2 is 1.53 bits per heavy atom. The molecule has 1 atom stereocenters. The summed E-state index contributed by atoms with van der Waals surface area (Å²) in [7, 11) is 0. The lowest BCUT2D eigenvalue weighted by atomic mass is 9.94. The molecule has 1 heterocycles. The predicted octanol–water partition coefficient (Wildman–Crippen LogP) is 3.57. The normalized spacial score (nSPS) is 19.7. The second-order valence-corrected chi connectivity index (χ2v) is 5.86. The highest BCUT2D eigenvalue weighted by molar-refractivity contribution is 5.36. The molecule has 19 heavy (non-hydrogen) atoms. The van der Waals surface area contributed by atoms with Gasteiger partial charge in [-0.3, -0.25) is 4.90 Å². The van der Waals surface area contributed by atoms with Crippen LogP contribution in [-0.2, 0) is 0 Å². The van der Waals surface area contributed by atoms with Crippen LogP contribution in [0.3, 0.4) is 0 Å². The van der Waals surface area contributed by atoms with Crippen molar-refractivity contribution in [2.24, 2.45) is 5.73 Å². The molecule has 1 unspecified atom stereocenters. The molecule has 2 heteroatoms. The van der Waals surface area contributed by atoms with E-state index in [-0.39, 0.29) is 0 Å². The fraction of sp³-hybridized carbons (Fsp3) is 0.647. The van der Waals surface area contributed by atoms with Crippen LogP contribution in [0.15, 0.2) is 18.2 Å². The lowest BCUT2D eigenvalue weighted by molar-refractivity contribution is 0.182. The first kappa shape index (κ1) is 14.5. The van der Waals surface area contributed by atoms with Crippen LogP contribution < -0.4 is 5.73 Å². The van der Waals surface area contributed by atoms with E-state index in [4.69, 9.17) is 5.73 Å². The second-order valence-electron chi connectivity index (χ2n) is 5.86. The van der Waals surface area contributed by atoms with Gasteiger partial charge in [0.15, 0.2) is 0 Å². The van der Waals surface area contributed by atoms with Crippen molar-refractivity contribution in [2.75, 3.05) is 19.6 Å². The van der Waals surface area contributed by atoms with Crippen LogP contribution >= 0.6 is 0 Å². The molecular formula is C17H28N2. The standard InChI is InChI=1S/C17H28N2/c1-14-9-8-10-15(2)17(14)16(13-18)19-11-6-4-3-5-7-12-19/h8-10,16H,3-7,11-13,18H2,1-2H3. The molecule has 0 spiro atoms. The Hall–Kier alpha value is -0.860. The molecule has 2 nitrogen and oxygen atoms in total. The summed E-state index contributed by atoms with van der Waals surface area (Å²) >= 11 is 0. The topological polar surface area (TPSA) is 29.3 Å². The van der Waals surface area contributed by atoms with Gasteiger partial charge in [0, 0.05) is 12.6 Å². The minimum atomic E-state index is 0.402. The van der Waals surface area contributed by atoms with Gasteiger partial charge >= 0.3 is 0 Å². The van der Waals surface area contributed by atoms with Crippen molar-refractivity contribution in [3.05, 3.63) is 34.9 Å². The third-order valence-electron chi connectivity index (χ3n) is 4.43. The van der Waals surface area contributed by atoms with Crippen LogP contribution in [0.25, 0.3) is 0 Å². The zero-order valence-electron chi connectivity index (χ0n) is 12.5. The van der Waals surface area contributed by atoms with Crippen molar-refractivity contribution in [2.45, 2.75) is 52.0 Å². The Bertz CT molecular complexity index is 372. The van der Waals surface area contributed by atoms with Crippen molar-refractivity contribution >= 4 is 0 Å². The molecule has 0 saturated carbocycles. The molecule has 0 amide bonds. The fourth-order valence-corrected chi connectivity index (χ4v) is 3.39. The SMILES string of the molecule is Cc1cccc(C)c1C(CN)N1CCCCCCC1. The van der Waals surface area contributed by atoms with Gasteiger partial charge in [-0.25, -0.2) is 0 Å². The van der Waals surface area contributed by atoms with E-state index >= 15 is 0 Å². The Morgan fingerprint density at radius 1 is 1.00 bits per heavy atom. The molecule has 0 aromatic heterocycles. The van der Waals surface area contributed by atoms with Gasteiger partial charge in [-0.05, 0) is 56.5 Å². The van der Waals surface area contributed by atoms with Crippen molar-refractivity contribution < 1.29 is 0 Å². The Morgan fingerprint density at radius 3 is 2.05 bits per heavy atom. The van der Waals surface area contributed by atoms with Gasteiger partial charge in [0.25, 0.3) is 0 Å². The molecular weight excluding hydrogens is 232 g/mol.